The molecule has 1 aromatic heterocycles. The molecule has 0 amide bonds. The van der Waals surface area contributed by atoms with Gasteiger partial charge in [-0.1, -0.05) is 110 Å². The van der Waals surface area contributed by atoms with Crippen LogP contribution in [0.15, 0.2) is 128 Å². The van der Waals surface area contributed by atoms with Crippen molar-refractivity contribution < 1.29 is 0 Å². The number of para-hydroxylation sites is 1. The molecule has 0 radical (unpaired) electrons. The van der Waals surface area contributed by atoms with E-state index in [-0.39, 0.29) is 0 Å². The summed E-state index contributed by atoms with van der Waals surface area (Å²) in [6.07, 6.45) is 1.95. The molecular formula is C38H29N. The second-order valence-corrected chi connectivity index (χ2v) is 10.3. The molecular weight excluding hydrogens is 470 g/mol. The molecule has 0 fully saturated rings. The lowest BCUT2D eigenvalue weighted by atomic mass is 9.90. The van der Waals surface area contributed by atoms with Gasteiger partial charge in [-0.3, -0.25) is 0 Å². The highest BCUT2D eigenvalue weighted by Crippen LogP contribution is 2.39. The van der Waals surface area contributed by atoms with E-state index < -0.39 is 0 Å². The summed E-state index contributed by atoms with van der Waals surface area (Å²) in [5.74, 6) is 0. The lowest BCUT2D eigenvalue weighted by Gasteiger charge is -2.15. The summed E-state index contributed by atoms with van der Waals surface area (Å²) in [4.78, 5) is 0. The van der Waals surface area contributed by atoms with Gasteiger partial charge in [-0.15, -0.1) is 0 Å². The van der Waals surface area contributed by atoms with Gasteiger partial charge in [0.15, 0.2) is 0 Å². The van der Waals surface area contributed by atoms with E-state index in [1.165, 1.54) is 71.5 Å². The summed E-state index contributed by atoms with van der Waals surface area (Å²) in [5.41, 5.74) is 12.4. The Morgan fingerprint density at radius 2 is 1.26 bits per heavy atom. The number of benzene rings is 6. The van der Waals surface area contributed by atoms with Crippen LogP contribution >= 0.6 is 0 Å². The highest BCUT2D eigenvalue weighted by atomic mass is 15.0. The number of nitrogens with zero attached hydrogens (tertiary/aromatic N) is 1. The number of hydrogen-bond donors (Lipinski definition) is 0. The number of aryl methyl sites for hydroxylation is 2. The van der Waals surface area contributed by atoms with Gasteiger partial charge in [0.25, 0.3) is 0 Å². The molecule has 7 aromatic rings. The van der Waals surface area contributed by atoms with Crippen molar-refractivity contribution in [2.45, 2.75) is 13.8 Å². The van der Waals surface area contributed by atoms with Gasteiger partial charge in [-0.05, 0) is 87.8 Å². The Labute approximate surface area is 229 Å². The molecule has 7 rings (SSSR count). The van der Waals surface area contributed by atoms with Gasteiger partial charge < -0.3 is 4.57 Å². The van der Waals surface area contributed by atoms with Crippen LogP contribution in [0, 0.1) is 13.8 Å². The third-order valence-electron chi connectivity index (χ3n) is 8.13. The molecule has 6 aromatic carbocycles. The average Bonchev–Trinajstić information content (AvgIpc) is 3.32. The van der Waals surface area contributed by atoms with E-state index in [1.807, 2.05) is 6.08 Å². The van der Waals surface area contributed by atoms with Crippen LogP contribution in [0.25, 0.3) is 66.6 Å². The van der Waals surface area contributed by atoms with Crippen LogP contribution in [-0.4, -0.2) is 4.57 Å². The first-order valence-corrected chi connectivity index (χ1v) is 13.5. The predicted molar refractivity (Wildman–Crippen MR) is 169 cm³/mol. The normalized spacial score (nSPS) is 11.4. The van der Waals surface area contributed by atoms with Crippen LogP contribution in [0.5, 0.6) is 0 Å². The van der Waals surface area contributed by atoms with Crippen LogP contribution in [0.1, 0.15) is 16.7 Å². The molecule has 0 spiro atoms. The summed E-state index contributed by atoms with van der Waals surface area (Å²) >= 11 is 0. The zero-order chi connectivity index (χ0) is 26.5. The van der Waals surface area contributed by atoms with Gasteiger partial charge in [0, 0.05) is 16.5 Å². The Hall–Kier alpha value is -4.88. The topological polar surface area (TPSA) is 4.93 Å². The van der Waals surface area contributed by atoms with Crippen molar-refractivity contribution >= 4 is 38.7 Å². The Kier molecular flexibility index (Phi) is 5.45. The summed E-state index contributed by atoms with van der Waals surface area (Å²) in [6.45, 7) is 8.43. The zero-order valence-corrected chi connectivity index (χ0v) is 22.3. The number of fused-ring (bicyclic) bond motifs is 4. The molecule has 0 atom stereocenters. The summed E-state index contributed by atoms with van der Waals surface area (Å²) in [7, 11) is 0. The fourth-order valence-electron chi connectivity index (χ4n) is 6.22. The van der Waals surface area contributed by atoms with E-state index in [0.29, 0.717) is 0 Å². The van der Waals surface area contributed by atoms with Crippen LogP contribution in [-0.2, 0) is 0 Å². The van der Waals surface area contributed by atoms with Crippen molar-refractivity contribution in [1.29, 1.82) is 0 Å². The monoisotopic (exact) mass is 499 g/mol. The number of rotatable bonds is 4. The molecule has 0 saturated heterocycles. The zero-order valence-electron chi connectivity index (χ0n) is 22.3. The molecule has 1 nitrogen and oxygen atoms in total. The standard InChI is InChI=1S/C38H29N/c1-4-27-20-23-37-38(26(27)3)35-18-9-10-19-36(35)39(37)29-14-11-13-28(24-29)31-21-22-34(30-15-6-5-12-25(30)2)33-17-8-7-16-32(31)33/h4-24H,1H2,2-3H3. The van der Waals surface area contributed by atoms with Gasteiger partial charge in [0.1, 0.15) is 0 Å². The maximum Gasteiger partial charge on any atom is 0.0544 e. The van der Waals surface area contributed by atoms with Crippen LogP contribution < -0.4 is 0 Å². The van der Waals surface area contributed by atoms with Gasteiger partial charge >= 0.3 is 0 Å². The van der Waals surface area contributed by atoms with Crippen molar-refractivity contribution in [1.82, 2.24) is 4.57 Å². The first-order chi connectivity index (χ1) is 19.2. The highest BCUT2D eigenvalue weighted by molar-refractivity contribution is 6.12. The third-order valence-corrected chi connectivity index (χ3v) is 8.13. The molecule has 0 bridgehead atoms. The SMILES string of the molecule is C=Cc1ccc2c(c1C)c1ccccc1n2-c1cccc(-c2ccc(-c3ccccc3C)c3ccccc23)c1. The molecule has 0 aliphatic carbocycles. The lowest BCUT2D eigenvalue weighted by Crippen LogP contribution is -1.95. The minimum absolute atomic E-state index is 1.16. The summed E-state index contributed by atoms with van der Waals surface area (Å²) in [6, 6.07) is 44.1. The molecule has 0 aliphatic heterocycles. The number of aromatic nitrogens is 1. The van der Waals surface area contributed by atoms with Crippen LogP contribution in [0.3, 0.4) is 0 Å². The Bertz CT molecular complexity index is 2050. The van der Waals surface area contributed by atoms with Gasteiger partial charge in [0.2, 0.25) is 0 Å². The second-order valence-electron chi connectivity index (χ2n) is 10.3. The molecule has 1 heterocycles. The Morgan fingerprint density at radius 1 is 0.564 bits per heavy atom. The Morgan fingerprint density at radius 3 is 2.05 bits per heavy atom. The van der Waals surface area contributed by atoms with E-state index in [0.717, 1.165) is 5.69 Å². The number of hydrogen-bond acceptors (Lipinski definition) is 0. The van der Waals surface area contributed by atoms with Crippen molar-refractivity contribution in [2.24, 2.45) is 0 Å². The maximum absolute atomic E-state index is 4.04. The fourth-order valence-corrected chi connectivity index (χ4v) is 6.22. The van der Waals surface area contributed by atoms with E-state index in [2.05, 4.69) is 146 Å². The minimum atomic E-state index is 1.16. The van der Waals surface area contributed by atoms with E-state index >= 15 is 0 Å². The molecule has 0 aliphatic rings. The Balaban J connectivity index is 1.46. The molecule has 39 heavy (non-hydrogen) atoms. The molecule has 0 unspecified atom stereocenters. The first-order valence-electron chi connectivity index (χ1n) is 13.5. The van der Waals surface area contributed by atoms with Gasteiger partial charge in [-0.2, -0.15) is 0 Å². The van der Waals surface area contributed by atoms with E-state index in [1.54, 1.807) is 0 Å². The van der Waals surface area contributed by atoms with Gasteiger partial charge in [-0.25, -0.2) is 0 Å². The molecule has 186 valence electrons. The largest absolute Gasteiger partial charge is 0.309 e. The van der Waals surface area contributed by atoms with Crippen molar-refractivity contribution in [2.75, 3.05) is 0 Å². The van der Waals surface area contributed by atoms with Gasteiger partial charge in [0.05, 0.1) is 11.0 Å². The minimum Gasteiger partial charge on any atom is -0.309 e. The van der Waals surface area contributed by atoms with Crippen molar-refractivity contribution in [3.63, 3.8) is 0 Å². The molecule has 0 N–H and O–H groups in total. The average molecular weight is 500 g/mol. The predicted octanol–water partition coefficient (Wildman–Crippen LogP) is 10.5. The molecule has 0 saturated carbocycles. The maximum atomic E-state index is 4.04. The first kappa shape index (κ1) is 23.3. The molecule has 1 heteroatoms. The van der Waals surface area contributed by atoms with E-state index in [9.17, 15) is 0 Å². The second kappa shape index (κ2) is 9.15. The van der Waals surface area contributed by atoms with Crippen molar-refractivity contribution in [3.05, 3.63) is 145 Å². The highest BCUT2D eigenvalue weighted by Gasteiger charge is 2.16. The smallest absolute Gasteiger partial charge is 0.0544 e. The lowest BCUT2D eigenvalue weighted by molar-refractivity contribution is 1.18. The van der Waals surface area contributed by atoms with E-state index in [4.69, 9.17) is 0 Å². The van der Waals surface area contributed by atoms with Crippen molar-refractivity contribution in [3.8, 4) is 27.9 Å². The summed E-state index contributed by atoms with van der Waals surface area (Å²) in [5, 5.41) is 5.11. The van der Waals surface area contributed by atoms with Crippen LogP contribution in [0.4, 0.5) is 0 Å². The summed E-state index contributed by atoms with van der Waals surface area (Å²) < 4.78 is 2.40. The third kappa shape index (κ3) is 3.62. The van der Waals surface area contributed by atoms with Crippen LogP contribution in [0.2, 0.25) is 0 Å². The fraction of sp³-hybridized carbons (Fsp3) is 0.0526. The quantitative estimate of drug-likeness (QED) is 0.227.